The Bertz CT molecular complexity index is 1490. The van der Waals surface area contributed by atoms with Crippen molar-refractivity contribution in [2.24, 2.45) is 0 Å². The van der Waals surface area contributed by atoms with Gasteiger partial charge in [-0.1, -0.05) is 219 Å². The summed E-state index contributed by atoms with van der Waals surface area (Å²) in [5.74, 6) is -0.988. The van der Waals surface area contributed by atoms with Gasteiger partial charge in [0.2, 0.25) is 0 Å². The van der Waals surface area contributed by atoms with Gasteiger partial charge in [0.1, 0.15) is 13.2 Å². The number of allylic oxidation sites excluding steroid dienone is 20. The zero-order chi connectivity index (χ0) is 50.7. The zero-order valence-corrected chi connectivity index (χ0v) is 45.2. The molecule has 0 aliphatic heterocycles. The maximum atomic E-state index is 12.8. The maximum absolute atomic E-state index is 12.8. The molecule has 0 aromatic rings. The topological polar surface area (TPSA) is 78.9 Å². The summed E-state index contributed by atoms with van der Waals surface area (Å²) in [7, 11) is 0. The zero-order valence-electron chi connectivity index (χ0n) is 45.2. The van der Waals surface area contributed by atoms with Crippen molar-refractivity contribution in [1.82, 2.24) is 0 Å². The fraction of sp³-hybridized carbons (Fsp3) is 0.641. The summed E-state index contributed by atoms with van der Waals surface area (Å²) in [6.45, 7) is 6.41. The third-order valence-corrected chi connectivity index (χ3v) is 11.7. The van der Waals surface area contributed by atoms with Gasteiger partial charge >= 0.3 is 17.9 Å². The van der Waals surface area contributed by atoms with E-state index in [2.05, 4.69) is 142 Å². The van der Waals surface area contributed by atoms with E-state index in [1.165, 1.54) is 83.5 Å². The second-order valence-electron chi connectivity index (χ2n) is 18.5. The van der Waals surface area contributed by atoms with Crippen LogP contribution in [0.2, 0.25) is 0 Å². The average Bonchev–Trinajstić information content (AvgIpc) is 3.36. The first kappa shape index (κ1) is 65.8. The predicted molar refractivity (Wildman–Crippen MR) is 302 cm³/mol. The predicted octanol–water partition coefficient (Wildman–Crippen LogP) is 19.3. The van der Waals surface area contributed by atoms with Crippen molar-refractivity contribution in [2.45, 2.75) is 252 Å². The van der Waals surface area contributed by atoms with E-state index in [9.17, 15) is 14.4 Å². The lowest BCUT2D eigenvalue weighted by atomic mass is 10.1. The molecule has 1 atom stereocenters. The number of rotatable bonds is 50. The lowest BCUT2D eigenvalue weighted by Crippen LogP contribution is -2.30. The van der Waals surface area contributed by atoms with Gasteiger partial charge in [0.15, 0.2) is 6.10 Å². The maximum Gasteiger partial charge on any atom is 0.306 e. The molecule has 6 nitrogen and oxygen atoms in total. The summed E-state index contributed by atoms with van der Waals surface area (Å²) in [4.78, 5) is 38.1. The van der Waals surface area contributed by atoms with E-state index in [0.717, 1.165) is 116 Å². The number of carbonyl (C=O) groups is 3. The van der Waals surface area contributed by atoms with Crippen LogP contribution in [0.4, 0.5) is 0 Å². The Hall–Kier alpha value is -4.19. The molecule has 6 heteroatoms. The van der Waals surface area contributed by atoms with E-state index in [0.29, 0.717) is 19.3 Å². The van der Waals surface area contributed by atoms with Gasteiger partial charge in [-0.25, -0.2) is 0 Å². The summed E-state index contributed by atoms with van der Waals surface area (Å²) >= 11 is 0. The Morgan fingerprint density at radius 2 is 0.571 bits per heavy atom. The van der Waals surface area contributed by atoms with Crippen LogP contribution in [-0.4, -0.2) is 37.2 Å². The van der Waals surface area contributed by atoms with E-state index in [1.54, 1.807) is 0 Å². The molecule has 0 spiro atoms. The van der Waals surface area contributed by atoms with Gasteiger partial charge in [-0.3, -0.25) is 14.4 Å². The Morgan fingerprint density at radius 3 is 0.943 bits per heavy atom. The van der Waals surface area contributed by atoms with Gasteiger partial charge in [-0.15, -0.1) is 0 Å². The Labute approximate surface area is 431 Å². The lowest BCUT2D eigenvalue weighted by molar-refractivity contribution is -0.167. The minimum absolute atomic E-state index is 0.106. The quantitative estimate of drug-likeness (QED) is 0.0262. The average molecular weight is 970 g/mol. The number of hydrogen-bond acceptors (Lipinski definition) is 6. The van der Waals surface area contributed by atoms with Gasteiger partial charge in [0, 0.05) is 19.3 Å². The molecule has 70 heavy (non-hydrogen) atoms. The van der Waals surface area contributed by atoms with Crippen LogP contribution in [0.3, 0.4) is 0 Å². The molecule has 0 fully saturated rings. The summed E-state index contributed by atoms with van der Waals surface area (Å²) in [6.07, 6.45) is 79.0. The molecule has 0 bridgehead atoms. The Kier molecular flexibility index (Phi) is 54.0. The highest BCUT2D eigenvalue weighted by Gasteiger charge is 2.19. The molecular formula is C64H104O6. The number of ether oxygens (including phenoxy) is 3. The van der Waals surface area contributed by atoms with Gasteiger partial charge in [-0.2, -0.15) is 0 Å². The third-order valence-electron chi connectivity index (χ3n) is 11.7. The standard InChI is InChI=1S/C64H104O6/c1-4-7-10-13-16-19-22-25-27-29-30-31-32-33-34-36-37-39-42-45-48-51-54-57-63(66)69-60-61(59-68-62(65)56-53-50-47-44-41-24-21-18-15-12-9-6-3)70-64(67)58-55-52-49-46-43-40-38-35-28-26-23-20-17-14-11-8-5-2/h7,10,16-21,25-28,30-31,33-34,37,39,45,48,61H,4-6,8-9,11-15,22-24,29,32,35-36,38,40-44,46-47,49-60H2,1-3H3/b10-7-,19-16-,20-17-,21-18-,27-25-,28-26-,31-30-,34-33-,39-37-,48-45-. The highest BCUT2D eigenvalue weighted by Crippen LogP contribution is 2.13. The van der Waals surface area contributed by atoms with Crippen LogP contribution >= 0.6 is 0 Å². The summed E-state index contributed by atoms with van der Waals surface area (Å²) in [5, 5.41) is 0. The first-order chi connectivity index (χ1) is 34.5. The molecule has 396 valence electrons. The van der Waals surface area contributed by atoms with Crippen LogP contribution in [0.1, 0.15) is 245 Å². The molecule has 0 aliphatic rings. The number of esters is 3. The highest BCUT2D eigenvalue weighted by atomic mass is 16.6. The van der Waals surface area contributed by atoms with E-state index in [4.69, 9.17) is 14.2 Å². The Balaban J connectivity index is 4.49. The molecule has 1 unspecified atom stereocenters. The molecular weight excluding hydrogens is 865 g/mol. The van der Waals surface area contributed by atoms with Crippen LogP contribution in [0.5, 0.6) is 0 Å². The van der Waals surface area contributed by atoms with Crippen molar-refractivity contribution in [3.05, 3.63) is 122 Å². The molecule has 0 rings (SSSR count). The van der Waals surface area contributed by atoms with Crippen LogP contribution in [-0.2, 0) is 28.6 Å². The fourth-order valence-corrected chi connectivity index (χ4v) is 7.40. The Morgan fingerprint density at radius 1 is 0.300 bits per heavy atom. The number of unbranched alkanes of at least 4 members (excludes halogenated alkanes) is 19. The van der Waals surface area contributed by atoms with E-state index >= 15 is 0 Å². The second kappa shape index (κ2) is 57.4. The van der Waals surface area contributed by atoms with Crippen molar-refractivity contribution in [3.63, 3.8) is 0 Å². The molecule has 0 aliphatic carbocycles. The van der Waals surface area contributed by atoms with Crippen LogP contribution in [0.15, 0.2) is 122 Å². The van der Waals surface area contributed by atoms with Gasteiger partial charge < -0.3 is 14.2 Å². The second-order valence-corrected chi connectivity index (χ2v) is 18.5. The van der Waals surface area contributed by atoms with Crippen LogP contribution < -0.4 is 0 Å². The smallest absolute Gasteiger partial charge is 0.306 e. The molecule has 0 saturated heterocycles. The first-order valence-electron chi connectivity index (χ1n) is 28.5. The summed E-state index contributed by atoms with van der Waals surface area (Å²) < 4.78 is 16.8. The summed E-state index contributed by atoms with van der Waals surface area (Å²) in [6, 6.07) is 0. The first-order valence-corrected chi connectivity index (χ1v) is 28.5. The van der Waals surface area contributed by atoms with Crippen molar-refractivity contribution in [1.29, 1.82) is 0 Å². The van der Waals surface area contributed by atoms with Crippen molar-refractivity contribution in [2.75, 3.05) is 13.2 Å². The fourth-order valence-electron chi connectivity index (χ4n) is 7.40. The molecule has 0 radical (unpaired) electrons. The van der Waals surface area contributed by atoms with Gasteiger partial charge in [0.05, 0.1) is 0 Å². The molecule has 0 heterocycles. The van der Waals surface area contributed by atoms with Crippen molar-refractivity contribution >= 4 is 17.9 Å². The SMILES string of the molecule is CC/C=C\C/C=C\C/C=C\C/C=C\C/C=C\C/C=C\C/C=C\CCCC(=O)OCC(COC(=O)CCCCCCC/C=C\CCCCC)OC(=O)CCCCCCCCC/C=C\C/C=C\CCCCC. The monoisotopic (exact) mass is 969 g/mol. The molecule has 0 aromatic carbocycles. The minimum atomic E-state index is -0.812. The lowest BCUT2D eigenvalue weighted by Gasteiger charge is -2.18. The number of carbonyl (C=O) groups excluding carboxylic acids is 3. The molecule has 0 amide bonds. The van der Waals surface area contributed by atoms with Gasteiger partial charge in [0.25, 0.3) is 0 Å². The van der Waals surface area contributed by atoms with Crippen LogP contribution in [0, 0.1) is 0 Å². The number of hydrogen-bond donors (Lipinski definition) is 0. The highest BCUT2D eigenvalue weighted by molar-refractivity contribution is 5.71. The van der Waals surface area contributed by atoms with E-state index in [1.807, 2.05) is 0 Å². The minimum Gasteiger partial charge on any atom is -0.462 e. The van der Waals surface area contributed by atoms with E-state index in [-0.39, 0.29) is 37.5 Å². The summed E-state index contributed by atoms with van der Waals surface area (Å²) in [5.41, 5.74) is 0. The normalized spacial score (nSPS) is 13.0. The largest absolute Gasteiger partial charge is 0.462 e. The van der Waals surface area contributed by atoms with Crippen molar-refractivity contribution < 1.29 is 28.6 Å². The van der Waals surface area contributed by atoms with Crippen molar-refractivity contribution in [3.8, 4) is 0 Å². The molecule has 0 saturated carbocycles. The molecule has 0 aromatic heterocycles. The van der Waals surface area contributed by atoms with E-state index < -0.39 is 6.10 Å². The third kappa shape index (κ3) is 54.7. The van der Waals surface area contributed by atoms with Gasteiger partial charge in [-0.05, 0) is 128 Å². The van der Waals surface area contributed by atoms with Crippen LogP contribution in [0.25, 0.3) is 0 Å². The molecule has 0 N–H and O–H groups in total.